The Bertz CT molecular complexity index is 1850. The highest BCUT2D eigenvalue weighted by Crippen LogP contribution is 2.45. The second-order valence-corrected chi connectivity index (χ2v) is 10.5. The molecule has 1 fully saturated rings. The normalized spacial score (nSPS) is 17.7. The van der Waals surface area contributed by atoms with Gasteiger partial charge in [-0.15, -0.1) is 0 Å². The molecule has 42 heavy (non-hydrogen) atoms. The van der Waals surface area contributed by atoms with E-state index in [-0.39, 0.29) is 23.1 Å². The Kier molecular flexibility index (Phi) is 6.23. The Hall–Kier alpha value is -5.37. The Morgan fingerprint density at radius 3 is 2.52 bits per heavy atom. The van der Waals surface area contributed by atoms with Crippen LogP contribution >= 0.6 is 0 Å². The number of hydrogen-bond donors (Lipinski definition) is 2. The molecule has 0 radical (unpaired) electrons. The standard InChI is InChI=1S/C34H28N4O4/c1-42-23-13-9-12-22(18-23)31-30-26(24-14-5-7-16-27(24)36-30)19-29-33(40)38(34(41)37(29)31)28-17-8-6-15-25(28)32(39)35-20-21-10-3-2-4-11-21/h2-18,29,31,36H,19-20H2,1H3,(H,35,39). The van der Waals surface area contributed by atoms with Crippen molar-refractivity contribution in [3.05, 3.63) is 131 Å². The first-order valence-corrected chi connectivity index (χ1v) is 13.9. The van der Waals surface area contributed by atoms with Crippen molar-refractivity contribution in [2.24, 2.45) is 0 Å². The molecule has 2 unspecified atom stereocenters. The first kappa shape index (κ1) is 25.6. The van der Waals surface area contributed by atoms with Gasteiger partial charge < -0.3 is 15.0 Å². The summed E-state index contributed by atoms with van der Waals surface area (Å²) in [5.41, 5.74) is 5.14. The van der Waals surface area contributed by atoms with Crippen LogP contribution in [-0.2, 0) is 17.8 Å². The fourth-order valence-electron chi connectivity index (χ4n) is 6.19. The number of aromatic amines is 1. The summed E-state index contributed by atoms with van der Waals surface area (Å²) >= 11 is 0. The number of rotatable bonds is 6. The van der Waals surface area contributed by atoms with E-state index in [0.717, 1.165) is 33.3 Å². The lowest BCUT2D eigenvalue weighted by Crippen LogP contribution is -2.44. The largest absolute Gasteiger partial charge is 0.497 e. The van der Waals surface area contributed by atoms with E-state index in [1.807, 2.05) is 78.9 Å². The lowest BCUT2D eigenvalue weighted by atomic mass is 9.89. The lowest BCUT2D eigenvalue weighted by molar-refractivity contribution is -0.120. The van der Waals surface area contributed by atoms with Crippen molar-refractivity contribution in [2.75, 3.05) is 12.0 Å². The highest BCUT2D eigenvalue weighted by Gasteiger charge is 2.53. The molecule has 8 nitrogen and oxygen atoms in total. The number of aromatic nitrogens is 1. The van der Waals surface area contributed by atoms with Gasteiger partial charge in [0.2, 0.25) is 0 Å². The number of nitrogens with zero attached hydrogens (tertiary/aromatic N) is 2. The number of imide groups is 1. The third-order valence-corrected chi connectivity index (χ3v) is 8.14. The fourth-order valence-corrected chi connectivity index (χ4v) is 6.19. The van der Waals surface area contributed by atoms with Gasteiger partial charge in [0.15, 0.2) is 0 Å². The van der Waals surface area contributed by atoms with E-state index in [2.05, 4.69) is 10.3 Å². The number of urea groups is 1. The molecule has 4 amide bonds. The third kappa shape index (κ3) is 4.11. The number of amides is 4. The van der Waals surface area contributed by atoms with Crippen molar-refractivity contribution in [3.63, 3.8) is 0 Å². The number of hydrogen-bond acceptors (Lipinski definition) is 4. The quantitative estimate of drug-likeness (QED) is 0.267. The van der Waals surface area contributed by atoms with Crippen LogP contribution < -0.4 is 15.0 Å². The van der Waals surface area contributed by atoms with Crippen LogP contribution in [0.25, 0.3) is 10.9 Å². The smallest absolute Gasteiger partial charge is 0.332 e. The van der Waals surface area contributed by atoms with Crippen molar-refractivity contribution in [2.45, 2.75) is 25.0 Å². The fraction of sp³-hybridized carbons (Fsp3) is 0.147. The molecular formula is C34H28N4O4. The van der Waals surface area contributed by atoms with Gasteiger partial charge >= 0.3 is 6.03 Å². The maximum atomic E-state index is 14.3. The number of anilines is 1. The van der Waals surface area contributed by atoms with E-state index in [1.165, 1.54) is 4.90 Å². The third-order valence-electron chi connectivity index (χ3n) is 8.14. The summed E-state index contributed by atoms with van der Waals surface area (Å²) in [5.74, 6) is -0.0600. The summed E-state index contributed by atoms with van der Waals surface area (Å²) in [7, 11) is 1.60. The molecule has 3 heterocycles. The molecule has 0 bridgehead atoms. The predicted octanol–water partition coefficient (Wildman–Crippen LogP) is 5.59. The molecule has 0 aliphatic carbocycles. The van der Waals surface area contributed by atoms with Gasteiger partial charge in [0.25, 0.3) is 11.8 Å². The summed E-state index contributed by atoms with van der Waals surface area (Å²) < 4.78 is 5.50. The van der Waals surface area contributed by atoms with Gasteiger partial charge in [-0.05, 0) is 47.0 Å². The van der Waals surface area contributed by atoms with Crippen molar-refractivity contribution in [3.8, 4) is 5.75 Å². The number of nitrogens with one attached hydrogen (secondary N) is 2. The molecule has 8 heteroatoms. The van der Waals surface area contributed by atoms with Crippen LogP contribution in [0.3, 0.4) is 0 Å². The SMILES string of the molecule is COc1cccc(C2c3[nH]c4ccccc4c3CC3C(=O)N(c4ccccc4C(=O)NCc4ccccc4)C(=O)N32)c1. The van der Waals surface area contributed by atoms with Gasteiger partial charge in [0.05, 0.1) is 18.4 Å². The van der Waals surface area contributed by atoms with Crippen molar-refractivity contribution in [1.29, 1.82) is 0 Å². The van der Waals surface area contributed by atoms with Crippen molar-refractivity contribution >= 4 is 34.4 Å². The molecule has 2 aliphatic heterocycles. The van der Waals surface area contributed by atoms with Gasteiger partial charge in [-0.25, -0.2) is 9.69 Å². The van der Waals surface area contributed by atoms with Gasteiger partial charge in [-0.3, -0.25) is 14.5 Å². The molecule has 7 rings (SSSR count). The van der Waals surface area contributed by atoms with E-state index >= 15 is 0 Å². The zero-order chi connectivity index (χ0) is 28.8. The van der Waals surface area contributed by atoms with Gasteiger partial charge in [-0.2, -0.15) is 0 Å². The molecular weight excluding hydrogens is 528 g/mol. The van der Waals surface area contributed by atoms with E-state index in [9.17, 15) is 14.4 Å². The highest BCUT2D eigenvalue weighted by atomic mass is 16.5. The number of carbonyl (C=O) groups is 3. The average molecular weight is 557 g/mol. The van der Waals surface area contributed by atoms with E-state index in [1.54, 1.807) is 36.3 Å². The molecule has 0 saturated carbocycles. The monoisotopic (exact) mass is 556 g/mol. The van der Waals surface area contributed by atoms with Crippen LogP contribution in [0.5, 0.6) is 5.75 Å². The summed E-state index contributed by atoms with van der Waals surface area (Å²) in [6, 6.07) is 30.1. The predicted molar refractivity (Wildman–Crippen MR) is 159 cm³/mol. The second kappa shape index (κ2) is 10.2. The maximum absolute atomic E-state index is 14.3. The highest BCUT2D eigenvalue weighted by molar-refractivity contribution is 6.24. The average Bonchev–Trinajstić information content (AvgIpc) is 3.53. The number of para-hydroxylation sites is 2. The number of carbonyl (C=O) groups excluding carboxylic acids is 3. The Morgan fingerprint density at radius 1 is 0.929 bits per heavy atom. The molecule has 2 aliphatic rings. The number of benzene rings is 4. The second-order valence-electron chi connectivity index (χ2n) is 10.5. The summed E-state index contributed by atoms with van der Waals surface area (Å²) in [6.07, 6.45) is 0.364. The van der Waals surface area contributed by atoms with Gasteiger partial charge in [-0.1, -0.05) is 72.8 Å². The topological polar surface area (TPSA) is 94.7 Å². The molecule has 2 atom stereocenters. The first-order valence-electron chi connectivity index (χ1n) is 13.9. The summed E-state index contributed by atoms with van der Waals surface area (Å²) in [4.78, 5) is 48.2. The number of fused-ring (bicyclic) bond motifs is 4. The number of ether oxygens (including phenoxy) is 1. The summed E-state index contributed by atoms with van der Waals surface area (Å²) in [6.45, 7) is 0.324. The van der Waals surface area contributed by atoms with Gasteiger partial charge in [0.1, 0.15) is 17.8 Å². The molecule has 208 valence electrons. The molecule has 0 spiro atoms. The Morgan fingerprint density at radius 2 is 1.69 bits per heavy atom. The molecule has 4 aromatic carbocycles. The maximum Gasteiger partial charge on any atom is 0.332 e. The van der Waals surface area contributed by atoms with Crippen LogP contribution in [0.2, 0.25) is 0 Å². The van der Waals surface area contributed by atoms with E-state index < -0.39 is 18.1 Å². The van der Waals surface area contributed by atoms with Crippen LogP contribution in [0, 0.1) is 0 Å². The van der Waals surface area contributed by atoms with Crippen LogP contribution in [0.1, 0.15) is 38.8 Å². The van der Waals surface area contributed by atoms with Crippen LogP contribution in [0.15, 0.2) is 103 Å². The minimum atomic E-state index is -0.735. The van der Waals surface area contributed by atoms with Gasteiger partial charge in [0, 0.05) is 29.6 Å². The minimum absolute atomic E-state index is 0.261. The number of methoxy groups -OCH3 is 1. The summed E-state index contributed by atoms with van der Waals surface area (Å²) in [5, 5.41) is 3.96. The molecule has 2 N–H and O–H groups in total. The first-order chi connectivity index (χ1) is 20.5. The Labute approximate surface area is 242 Å². The van der Waals surface area contributed by atoms with E-state index in [0.29, 0.717) is 18.7 Å². The zero-order valence-electron chi connectivity index (χ0n) is 22.9. The van der Waals surface area contributed by atoms with Crippen LogP contribution in [0.4, 0.5) is 10.5 Å². The number of H-pyrrole nitrogens is 1. The van der Waals surface area contributed by atoms with Crippen molar-refractivity contribution < 1.29 is 19.1 Å². The molecule has 5 aromatic rings. The van der Waals surface area contributed by atoms with Crippen molar-refractivity contribution in [1.82, 2.24) is 15.2 Å². The Balaban J connectivity index is 1.30. The lowest BCUT2D eigenvalue weighted by Gasteiger charge is -2.36. The molecule has 1 saturated heterocycles. The minimum Gasteiger partial charge on any atom is -0.497 e. The zero-order valence-corrected chi connectivity index (χ0v) is 22.9. The van der Waals surface area contributed by atoms with Crippen LogP contribution in [-0.4, -0.2) is 40.9 Å². The molecule has 1 aromatic heterocycles. The van der Waals surface area contributed by atoms with E-state index in [4.69, 9.17) is 4.74 Å².